The molecule has 8 aliphatic rings. The summed E-state index contributed by atoms with van der Waals surface area (Å²) < 4.78 is 41.6. The highest BCUT2D eigenvalue weighted by Gasteiger charge is 2.71. The fourth-order valence-corrected chi connectivity index (χ4v) is 13.9. The molecule has 0 aromatic heterocycles. The van der Waals surface area contributed by atoms with E-state index in [2.05, 4.69) is 20.4 Å². The predicted octanol–water partition coefficient (Wildman–Crippen LogP) is -2.89. The molecule has 27 atom stereocenters. The summed E-state index contributed by atoms with van der Waals surface area (Å²) in [5.74, 6) is -1.02. The summed E-state index contributed by atoms with van der Waals surface area (Å²) in [7, 11) is 0. The zero-order valence-corrected chi connectivity index (χ0v) is 37.4. The van der Waals surface area contributed by atoms with Gasteiger partial charge in [0.25, 0.3) is 0 Å². The number of hydrogen-bond acceptors (Lipinski definition) is 20. The molecule has 8 fully saturated rings. The van der Waals surface area contributed by atoms with E-state index in [0.29, 0.717) is 43.6 Å². The maximum Gasteiger partial charge on any atom is 0.187 e. The number of aliphatic hydroxyl groups is 13. The molecule has 0 amide bonds. The predicted molar refractivity (Wildman–Crippen MR) is 220 cm³/mol. The van der Waals surface area contributed by atoms with Crippen molar-refractivity contribution >= 4 is 0 Å². The fourth-order valence-electron chi connectivity index (χ4n) is 13.9. The number of rotatable bonds is 13. The second-order valence-corrected chi connectivity index (χ2v) is 21.1. The van der Waals surface area contributed by atoms with Crippen LogP contribution in [0.4, 0.5) is 0 Å². The standard InChI is InChI=1S/C45H74O20/c1-18(17-59-40-37(56)34(53)31(50)26(14-46)61-40)7-10-45(58)19(2)30-25(65-45)12-24-22-6-5-20-11-21(8-9-43(20,3)23(22)13-29(49)44(24,30)4)60-42-39(36(55)33(52)28(16-48)63-42)64-41-38(57)35(54)32(51)27(15-47)62-41/h19-42,46-58H,1,5-17H2,2-4H3/t19-,20+,21-,22+,23-,24-,25-,26+,27+,28+,29+,30-,31+,32+,33-,34-,35-,36-,37+,38+,39+,40+,41-,42+,43-,44+,45+/m0/s1. The summed E-state index contributed by atoms with van der Waals surface area (Å²) in [5, 5.41) is 137. The summed E-state index contributed by atoms with van der Waals surface area (Å²) in [6.07, 6.45) is -18.0. The van der Waals surface area contributed by atoms with Crippen molar-refractivity contribution in [3.05, 3.63) is 12.2 Å². The Morgan fingerprint density at radius 2 is 1.25 bits per heavy atom. The average Bonchev–Trinajstić information content (AvgIpc) is 3.73. The van der Waals surface area contributed by atoms with E-state index < -0.39 is 129 Å². The largest absolute Gasteiger partial charge is 0.394 e. The Morgan fingerprint density at radius 3 is 1.88 bits per heavy atom. The van der Waals surface area contributed by atoms with Crippen LogP contribution >= 0.6 is 0 Å². The van der Waals surface area contributed by atoms with Crippen LogP contribution in [-0.4, -0.2) is 209 Å². The summed E-state index contributed by atoms with van der Waals surface area (Å²) in [4.78, 5) is 0. The van der Waals surface area contributed by atoms with Crippen LogP contribution in [-0.2, 0) is 33.2 Å². The van der Waals surface area contributed by atoms with Gasteiger partial charge in [0, 0.05) is 23.7 Å². The molecule has 4 saturated heterocycles. The number of hydrogen-bond donors (Lipinski definition) is 13. The van der Waals surface area contributed by atoms with E-state index in [4.69, 9.17) is 33.2 Å². The van der Waals surface area contributed by atoms with Gasteiger partial charge < -0.3 is 99.5 Å². The zero-order chi connectivity index (χ0) is 47.1. The lowest BCUT2D eigenvalue weighted by Crippen LogP contribution is -2.65. The van der Waals surface area contributed by atoms with E-state index in [1.165, 1.54) is 0 Å². The first-order chi connectivity index (χ1) is 30.7. The smallest absolute Gasteiger partial charge is 0.187 e. The third-order valence-electron chi connectivity index (χ3n) is 17.8. The van der Waals surface area contributed by atoms with Crippen molar-refractivity contribution < 1.29 is 99.5 Å². The first-order valence-electron chi connectivity index (χ1n) is 23.6. The van der Waals surface area contributed by atoms with Crippen LogP contribution < -0.4 is 0 Å². The Kier molecular flexibility index (Phi) is 14.9. The summed E-state index contributed by atoms with van der Waals surface area (Å²) in [5.41, 5.74) is -0.0705. The van der Waals surface area contributed by atoms with Gasteiger partial charge in [-0.25, -0.2) is 0 Å². The Morgan fingerprint density at radius 1 is 0.662 bits per heavy atom. The molecule has 4 aliphatic carbocycles. The lowest BCUT2D eigenvalue weighted by molar-refractivity contribution is -0.373. The molecule has 65 heavy (non-hydrogen) atoms. The van der Waals surface area contributed by atoms with Crippen molar-refractivity contribution in [2.45, 2.75) is 195 Å². The van der Waals surface area contributed by atoms with Crippen LogP contribution in [0, 0.1) is 46.3 Å². The van der Waals surface area contributed by atoms with Crippen LogP contribution in [0.25, 0.3) is 0 Å². The Hall–Kier alpha value is -1.06. The third-order valence-corrected chi connectivity index (χ3v) is 17.8. The highest BCUT2D eigenvalue weighted by molar-refractivity contribution is 5.18. The molecule has 0 aromatic carbocycles. The molecule has 4 saturated carbocycles. The zero-order valence-electron chi connectivity index (χ0n) is 37.4. The molecule has 0 aromatic rings. The van der Waals surface area contributed by atoms with Gasteiger partial charge in [-0.15, -0.1) is 0 Å². The molecule has 0 bridgehead atoms. The molecule has 0 unspecified atom stereocenters. The molecular weight excluding hydrogens is 860 g/mol. The Balaban J connectivity index is 0.887. The normalized spacial score (nSPS) is 55.5. The monoisotopic (exact) mass is 934 g/mol. The van der Waals surface area contributed by atoms with Gasteiger partial charge in [0.1, 0.15) is 73.2 Å². The number of aliphatic hydroxyl groups excluding tert-OH is 12. The van der Waals surface area contributed by atoms with E-state index in [1.54, 1.807) is 0 Å². The second kappa shape index (κ2) is 19.3. The minimum atomic E-state index is -1.78. The van der Waals surface area contributed by atoms with Crippen LogP contribution in [0.1, 0.15) is 78.6 Å². The first-order valence-corrected chi connectivity index (χ1v) is 23.6. The average molecular weight is 935 g/mol. The first kappa shape index (κ1) is 50.3. The third kappa shape index (κ3) is 8.70. The number of fused-ring (bicyclic) bond motifs is 7. The lowest BCUT2D eigenvalue weighted by Gasteiger charge is -2.62. The molecule has 4 aliphatic heterocycles. The van der Waals surface area contributed by atoms with Gasteiger partial charge in [0.05, 0.1) is 44.7 Å². The van der Waals surface area contributed by atoms with Gasteiger partial charge in [0.15, 0.2) is 24.7 Å². The molecular formula is C45H74O20. The maximum atomic E-state index is 12.3. The number of ether oxygens (including phenoxy) is 7. The van der Waals surface area contributed by atoms with Crippen LogP contribution in [0.5, 0.6) is 0 Å². The van der Waals surface area contributed by atoms with Gasteiger partial charge in [-0.05, 0) is 80.5 Å². The topological polar surface area (TPSA) is 328 Å². The Bertz CT molecular complexity index is 1640. The molecule has 4 heterocycles. The molecule has 8 rings (SSSR count). The van der Waals surface area contributed by atoms with Crippen molar-refractivity contribution in [2.75, 3.05) is 26.4 Å². The maximum absolute atomic E-state index is 12.3. The fraction of sp³-hybridized carbons (Fsp3) is 0.956. The van der Waals surface area contributed by atoms with Crippen molar-refractivity contribution in [1.82, 2.24) is 0 Å². The molecule has 0 radical (unpaired) electrons. The Labute approximate surface area is 378 Å². The summed E-state index contributed by atoms with van der Waals surface area (Å²) in [6.45, 7) is 8.57. The van der Waals surface area contributed by atoms with Crippen molar-refractivity contribution in [1.29, 1.82) is 0 Å². The van der Waals surface area contributed by atoms with Gasteiger partial charge in [-0.3, -0.25) is 0 Å². The van der Waals surface area contributed by atoms with Gasteiger partial charge in [-0.2, -0.15) is 0 Å². The van der Waals surface area contributed by atoms with Crippen molar-refractivity contribution in [2.24, 2.45) is 46.3 Å². The molecule has 20 nitrogen and oxygen atoms in total. The van der Waals surface area contributed by atoms with E-state index in [-0.39, 0.29) is 60.2 Å². The van der Waals surface area contributed by atoms with Crippen molar-refractivity contribution in [3.63, 3.8) is 0 Å². The van der Waals surface area contributed by atoms with Crippen molar-refractivity contribution in [3.8, 4) is 0 Å². The quantitative estimate of drug-likeness (QED) is 0.0651. The van der Waals surface area contributed by atoms with Gasteiger partial charge in [0.2, 0.25) is 0 Å². The lowest BCUT2D eigenvalue weighted by atomic mass is 9.43. The van der Waals surface area contributed by atoms with Crippen LogP contribution in [0.3, 0.4) is 0 Å². The second-order valence-electron chi connectivity index (χ2n) is 21.1. The minimum Gasteiger partial charge on any atom is -0.394 e. The highest BCUT2D eigenvalue weighted by atomic mass is 16.8. The summed E-state index contributed by atoms with van der Waals surface area (Å²) in [6, 6.07) is 0. The summed E-state index contributed by atoms with van der Waals surface area (Å²) >= 11 is 0. The van der Waals surface area contributed by atoms with E-state index in [9.17, 15) is 66.4 Å². The minimum absolute atomic E-state index is 0.0690. The SMILES string of the molecule is C=C(CC[C@@]1(O)O[C@H]2C[C@H]3[C@@H]4CC[C@@H]5C[C@@H](O[C@@H]6O[C@H](CO)[C@H](O)[C@H](O)[C@H]6O[C@@H]6O[C@H](CO)[C@@H](O)[C@H](O)[C@H]6O)CC[C@]5(C)[C@H]4C[C@@H](O)[C@]3(C)[C@H]2[C@@H]1C)CO[C@@H]1O[C@H](CO)[C@@H](O)[C@H](O)[C@H]1O. The molecule has 20 heteroatoms. The van der Waals surface area contributed by atoms with Gasteiger partial charge in [-0.1, -0.05) is 32.9 Å². The van der Waals surface area contributed by atoms with Crippen LogP contribution in [0.15, 0.2) is 12.2 Å². The van der Waals surface area contributed by atoms with E-state index in [1.807, 2.05) is 6.92 Å². The van der Waals surface area contributed by atoms with Gasteiger partial charge >= 0.3 is 0 Å². The highest BCUT2D eigenvalue weighted by Crippen LogP contribution is 2.71. The van der Waals surface area contributed by atoms with E-state index >= 15 is 0 Å². The molecule has 374 valence electrons. The molecule has 0 spiro atoms. The van der Waals surface area contributed by atoms with E-state index in [0.717, 1.165) is 19.3 Å². The van der Waals surface area contributed by atoms with Crippen LogP contribution in [0.2, 0.25) is 0 Å². The molecule has 13 N–H and O–H groups in total.